The van der Waals surface area contributed by atoms with Crippen LogP contribution in [0.2, 0.25) is 0 Å². The van der Waals surface area contributed by atoms with Gasteiger partial charge in [-0.3, -0.25) is 0 Å². The number of ether oxygens (including phenoxy) is 1. The number of halogens is 1. The molecule has 0 heterocycles. The molecule has 0 spiro atoms. The third-order valence-electron chi connectivity index (χ3n) is 2.48. The van der Waals surface area contributed by atoms with Crippen LogP contribution in [0, 0.1) is 5.82 Å². The first kappa shape index (κ1) is 13.4. The number of nitrogens with zero attached hydrogens (tertiary/aromatic N) is 1. The minimum absolute atomic E-state index is 0.0472. The zero-order valence-electron chi connectivity index (χ0n) is 9.94. The number of carbonyl (C=O) groups is 1. The second kappa shape index (κ2) is 6.20. The summed E-state index contributed by atoms with van der Waals surface area (Å²) in [6, 6.07) is 3.92. The Morgan fingerprint density at radius 2 is 2.24 bits per heavy atom. The van der Waals surface area contributed by atoms with Crippen molar-refractivity contribution in [3.8, 4) is 0 Å². The van der Waals surface area contributed by atoms with Crippen molar-refractivity contribution in [2.75, 3.05) is 31.7 Å². The Labute approximate surface area is 99.6 Å². The van der Waals surface area contributed by atoms with E-state index in [-0.39, 0.29) is 5.56 Å². The minimum Gasteiger partial charge on any atom is -0.478 e. The fourth-order valence-electron chi connectivity index (χ4n) is 1.55. The molecule has 0 aliphatic rings. The van der Waals surface area contributed by atoms with Gasteiger partial charge in [0, 0.05) is 20.2 Å². The van der Waals surface area contributed by atoms with Crippen molar-refractivity contribution >= 4 is 11.7 Å². The van der Waals surface area contributed by atoms with Crippen LogP contribution in [0.15, 0.2) is 18.2 Å². The number of methoxy groups -OCH3 is 1. The fraction of sp³-hybridized carbons (Fsp3) is 0.417. The largest absolute Gasteiger partial charge is 0.478 e. The highest BCUT2D eigenvalue weighted by atomic mass is 19.1. The highest BCUT2D eigenvalue weighted by Gasteiger charge is 2.12. The summed E-state index contributed by atoms with van der Waals surface area (Å²) in [6.07, 6.45) is 0. The second-order valence-electron chi connectivity index (χ2n) is 3.54. The molecule has 0 fully saturated rings. The molecule has 1 aromatic rings. The minimum atomic E-state index is -1.13. The normalized spacial score (nSPS) is 10.3. The number of carboxylic acids is 1. The average Bonchev–Trinajstić information content (AvgIpc) is 2.31. The maximum Gasteiger partial charge on any atom is 0.335 e. The molecule has 17 heavy (non-hydrogen) atoms. The molecule has 1 N–H and O–H groups in total. The lowest BCUT2D eigenvalue weighted by Crippen LogP contribution is -2.27. The highest BCUT2D eigenvalue weighted by Crippen LogP contribution is 2.20. The molecule has 5 heteroatoms. The van der Waals surface area contributed by atoms with Crippen LogP contribution >= 0.6 is 0 Å². The first-order valence-electron chi connectivity index (χ1n) is 5.36. The van der Waals surface area contributed by atoms with Gasteiger partial charge < -0.3 is 14.7 Å². The van der Waals surface area contributed by atoms with Gasteiger partial charge in [0.1, 0.15) is 5.82 Å². The summed E-state index contributed by atoms with van der Waals surface area (Å²) in [7, 11) is 1.58. The van der Waals surface area contributed by atoms with Gasteiger partial charge in [0.2, 0.25) is 0 Å². The Kier molecular flexibility index (Phi) is 4.90. The van der Waals surface area contributed by atoms with Crippen LogP contribution < -0.4 is 4.90 Å². The predicted molar refractivity (Wildman–Crippen MR) is 63.1 cm³/mol. The van der Waals surface area contributed by atoms with Crippen LogP contribution in [-0.2, 0) is 4.74 Å². The lowest BCUT2D eigenvalue weighted by atomic mass is 10.2. The van der Waals surface area contributed by atoms with Crippen LogP contribution in [0.25, 0.3) is 0 Å². The molecule has 0 saturated heterocycles. The van der Waals surface area contributed by atoms with Crippen molar-refractivity contribution in [1.29, 1.82) is 0 Å². The lowest BCUT2D eigenvalue weighted by molar-refractivity contribution is 0.0696. The van der Waals surface area contributed by atoms with E-state index in [1.165, 1.54) is 12.1 Å². The monoisotopic (exact) mass is 241 g/mol. The van der Waals surface area contributed by atoms with Crippen molar-refractivity contribution in [3.05, 3.63) is 29.6 Å². The van der Waals surface area contributed by atoms with Gasteiger partial charge in [-0.1, -0.05) is 0 Å². The van der Waals surface area contributed by atoms with Crippen molar-refractivity contribution in [3.63, 3.8) is 0 Å². The van der Waals surface area contributed by atoms with Gasteiger partial charge in [-0.05, 0) is 25.1 Å². The van der Waals surface area contributed by atoms with E-state index < -0.39 is 11.8 Å². The summed E-state index contributed by atoms with van der Waals surface area (Å²) in [5, 5.41) is 8.74. The maximum absolute atomic E-state index is 13.7. The molecule has 0 radical (unpaired) electrons. The summed E-state index contributed by atoms with van der Waals surface area (Å²) in [4.78, 5) is 12.5. The molecule has 1 rings (SSSR count). The van der Waals surface area contributed by atoms with E-state index in [0.29, 0.717) is 25.4 Å². The Balaban J connectivity index is 2.92. The van der Waals surface area contributed by atoms with Gasteiger partial charge in [-0.15, -0.1) is 0 Å². The summed E-state index contributed by atoms with van der Waals surface area (Å²) >= 11 is 0. The molecule has 0 aliphatic heterocycles. The molecule has 0 unspecified atom stereocenters. The number of hydrogen-bond acceptors (Lipinski definition) is 3. The topological polar surface area (TPSA) is 49.8 Å². The van der Waals surface area contributed by atoms with Crippen LogP contribution in [0.1, 0.15) is 17.3 Å². The first-order chi connectivity index (χ1) is 8.10. The fourth-order valence-corrected chi connectivity index (χ4v) is 1.55. The molecule has 94 valence electrons. The molecular weight excluding hydrogens is 225 g/mol. The zero-order chi connectivity index (χ0) is 12.8. The molecule has 0 atom stereocenters. The average molecular weight is 241 g/mol. The van der Waals surface area contributed by atoms with Gasteiger partial charge in [0.05, 0.1) is 17.9 Å². The SMILES string of the molecule is CCN(CCOC)c1ccc(C(=O)O)cc1F. The molecule has 0 saturated carbocycles. The van der Waals surface area contributed by atoms with E-state index in [2.05, 4.69) is 0 Å². The maximum atomic E-state index is 13.7. The predicted octanol–water partition coefficient (Wildman–Crippen LogP) is 2.00. The van der Waals surface area contributed by atoms with Crippen LogP contribution in [-0.4, -0.2) is 37.9 Å². The van der Waals surface area contributed by atoms with Crippen LogP contribution in [0.4, 0.5) is 10.1 Å². The smallest absolute Gasteiger partial charge is 0.335 e. The third-order valence-corrected chi connectivity index (χ3v) is 2.48. The number of hydrogen-bond donors (Lipinski definition) is 1. The Morgan fingerprint density at radius 1 is 1.53 bits per heavy atom. The number of rotatable bonds is 6. The van der Waals surface area contributed by atoms with Crippen molar-refractivity contribution in [1.82, 2.24) is 0 Å². The van der Waals surface area contributed by atoms with Gasteiger partial charge in [0.25, 0.3) is 0 Å². The van der Waals surface area contributed by atoms with Crippen LogP contribution in [0.5, 0.6) is 0 Å². The second-order valence-corrected chi connectivity index (χ2v) is 3.54. The molecule has 1 aromatic carbocycles. The number of carboxylic acid groups (broad SMARTS) is 1. The lowest BCUT2D eigenvalue weighted by Gasteiger charge is -2.23. The number of benzene rings is 1. The standard InChI is InChI=1S/C12H16FNO3/c1-3-14(6-7-17-2)11-5-4-9(12(15)16)8-10(11)13/h4-5,8H,3,6-7H2,1-2H3,(H,15,16). The number of aromatic carboxylic acids is 1. The van der Waals surface area contributed by atoms with E-state index in [9.17, 15) is 9.18 Å². The van der Waals surface area contributed by atoms with Crippen molar-refractivity contribution in [2.45, 2.75) is 6.92 Å². The molecular formula is C12H16FNO3. The number of likely N-dealkylation sites (N-methyl/N-ethyl adjacent to an activating group) is 1. The molecule has 0 aliphatic carbocycles. The Hall–Kier alpha value is -1.62. The first-order valence-corrected chi connectivity index (χ1v) is 5.36. The zero-order valence-corrected chi connectivity index (χ0v) is 9.94. The van der Waals surface area contributed by atoms with E-state index in [4.69, 9.17) is 9.84 Å². The van der Waals surface area contributed by atoms with Gasteiger partial charge in [-0.25, -0.2) is 9.18 Å². The summed E-state index contributed by atoms with van der Waals surface area (Å²) in [5.41, 5.74) is 0.351. The van der Waals surface area contributed by atoms with Gasteiger partial charge in [0.15, 0.2) is 0 Å². The summed E-state index contributed by atoms with van der Waals surface area (Å²) in [5.74, 6) is -1.65. The van der Waals surface area contributed by atoms with Crippen molar-refractivity contribution < 1.29 is 19.0 Å². The van der Waals surface area contributed by atoms with E-state index in [1.807, 2.05) is 6.92 Å². The highest BCUT2D eigenvalue weighted by molar-refractivity contribution is 5.88. The third kappa shape index (κ3) is 3.42. The van der Waals surface area contributed by atoms with E-state index >= 15 is 0 Å². The van der Waals surface area contributed by atoms with Crippen LogP contribution in [0.3, 0.4) is 0 Å². The number of anilines is 1. The quantitative estimate of drug-likeness (QED) is 0.827. The molecule has 0 aromatic heterocycles. The molecule has 4 nitrogen and oxygen atoms in total. The molecule has 0 amide bonds. The van der Waals surface area contributed by atoms with Crippen molar-refractivity contribution in [2.24, 2.45) is 0 Å². The molecule has 0 bridgehead atoms. The van der Waals surface area contributed by atoms with E-state index in [1.54, 1.807) is 12.0 Å². The Bertz CT molecular complexity index is 395. The van der Waals surface area contributed by atoms with Gasteiger partial charge >= 0.3 is 5.97 Å². The Morgan fingerprint density at radius 3 is 2.71 bits per heavy atom. The summed E-state index contributed by atoms with van der Waals surface area (Å²) < 4.78 is 18.7. The van der Waals surface area contributed by atoms with E-state index in [0.717, 1.165) is 6.07 Å². The van der Waals surface area contributed by atoms with Gasteiger partial charge in [-0.2, -0.15) is 0 Å². The summed E-state index contributed by atoms with van der Waals surface area (Å²) in [6.45, 7) is 3.59.